The molecule has 3 atom stereocenters. The second-order valence-electron chi connectivity index (χ2n) is 8.68. The number of imidazole rings is 1. The van der Waals surface area contributed by atoms with Gasteiger partial charge in [0.05, 0.1) is 18.7 Å². The predicted octanol–water partition coefficient (Wildman–Crippen LogP) is 5.83. The Hall–Kier alpha value is -2.83. The highest BCUT2D eigenvalue weighted by Crippen LogP contribution is 2.50. The van der Waals surface area contributed by atoms with E-state index in [0.29, 0.717) is 24.7 Å². The van der Waals surface area contributed by atoms with Crippen molar-refractivity contribution in [2.24, 2.45) is 0 Å². The molecule has 1 fully saturated rings. The number of ether oxygens (including phenoxy) is 1. The summed E-state index contributed by atoms with van der Waals surface area (Å²) in [4.78, 5) is 17.7. The molecule has 7 heteroatoms. The third kappa shape index (κ3) is 3.57. The van der Waals surface area contributed by atoms with Crippen LogP contribution in [-0.2, 0) is 6.54 Å². The van der Waals surface area contributed by atoms with Gasteiger partial charge in [-0.05, 0) is 36.2 Å². The first-order valence-corrected chi connectivity index (χ1v) is 11.6. The molecule has 0 radical (unpaired) electrons. The van der Waals surface area contributed by atoms with Crippen LogP contribution in [0, 0.1) is 0 Å². The molecule has 6 nitrogen and oxygen atoms in total. The zero-order valence-electron chi connectivity index (χ0n) is 17.9. The standard InChI is InChI=1S/C25H26ClN3O3/c26-19-11-9-18(10-12-19)17-28-14-13-27-24(28)22-6-3-15-29(22,25(30)31)21-7-4-16-32-23-8-2-1-5-20(21)23/h1-2,5,8-14,21-22H,3-4,6-7,15-17H2/p+1. The van der Waals surface area contributed by atoms with Gasteiger partial charge in [0.1, 0.15) is 11.8 Å². The molecule has 1 saturated heterocycles. The number of fused-ring (bicyclic) bond motifs is 1. The molecule has 32 heavy (non-hydrogen) atoms. The molecule has 0 bridgehead atoms. The molecule has 2 aromatic carbocycles. The maximum Gasteiger partial charge on any atom is 0.514 e. The molecule has 3 unspecified atom stereocenters. The zero-order chi connectivity index (χ0) is 22.1. The molecule has 2 aliphatic heterocycles. The van der Waals surface area contributed by atoms with Gasteiger partial charge in [0.15, 0.2) is 11.9 Å². The molecular weight excluding hydrogens is 426 g/mol. The molecule has 0 saturated carbocycles. The summed E-state index contributed by atoms with van der Waals surface area (Å²) in [6, 6.07) is 15.3. The molecule has 5 rings (SSSR count). The first-order chi connectivity index (χ1) is 15.6. The molecule has 0 aliphatic carbocycles. The van der Waals surface area contributed by atoms with E-state index in [1.165, 1.54) is 0 Å². The number of hydrogen-bond acceptors (Lipinski definition) is 3. The summed E-state index contributed by atoms with van der Waals surface area (Å²) in [5.74, 6) is 1.64. The van der Waals surface area contributed by atoms with Gasteiger partial charge >= 0.3 is 6.09 Å². The van der Waals surface area contributed by atoms with Gasteiger partial charge in [0.2, 0.25) is 0 Å². The Morgan fingerprint density at radius 1 is 1.12 bits per heavy atom. The molecule has 1 N–H and O–H groups in total. The van der Waals surface area contributed by atoms with Crippen molar-refractivity contribution in [3.63, 3.8) is 0 Å². The number of quaternary nitrogens is 1. The molecular formula is C25H27ClN3O3+. The summed E-state index contributed by atoms with van der Waals surface area (Å²) in [5.41, 5.74) is 2.10. The third-order valence-corrected chi connectivity index (χ3v) is 7.20. The number of para-hydroxylation sites is 1. The van der Waals surface area contributed by atoms with Gasteiger partial charge in [-0.2, -0.15) is 4.79 Å². The van der Waals surface area contributed by atoms with Gasteiger partial charge in [0.25, 0.3) is 0 Å². The van der Waals surface area contributed by atoms with Crippen LogP contribution in [0.3, 0.4) is 0 Å². The molecule has 1 amide bonds. The van der Waals surface area contributed by atoms with Crippen molar-refractivity contribution in [3.05, 3.63) is 82.9 Å². The Bertz CT molecular complexity index is 1110. The van der Waals surface area contributed by atoms with E-state index in [2.05, 4.69) is 4.57 Å². The van der Waals surface area contributed by atoms with Crippen LogP contribution in [0.5, 0.6) is 5.75 Å². The van der Waals surface area contributed by atoms with Crippen LogP contribution in [0.4, 0.5) is 4.79 Å². The van der Waals surface area contributed by atoms with Crippen molar-refractivity contribution in [1.82, 2.24) is 9.55 Å². The quantitative estimate of drug-likeness (QED) is 0.506. The fourth-order valence-electron chi connectivity index (χ4n) is 5.52. The summed E-state index contributed by atoms with van der Waals surface area (Å²) in [7, 11) is 0. The van der Waals surface area contributed by atoms with Crippen LogP contribution in [0.25, 0.3) is 0 Å². The normalized spacial score (nSPS) is 25.0. The van der Waals surface area contributed by atoms with Gasteiger partial charge < -0.3 is 14.4 Å². The van der Waals surface area contributed by atoms with Crippen molar-refractivity contribution >= 4 is 17.7 Å². The minimum absolute atomic E-state index is 0.0159. The lowest BCUT2D eigenvalue weighted by Gasteiger charge is -2.40. The van der Waals surface area contributed by atoms with Crippen LogP contribution < -0.4 is 4.74 Å². The number of hydrogen-bond donors (Lipinski definition) is 1. The minimum Gasteiger partial charge on any atom is -0.493 e. The van der Waals surface area contributed by atoms with E-state index in [-0.39, 0.29) is 16.6 Å². The monoisotopic (exact) mass is 452 g/mol. The summed E-state index contributed by atoms with van der Waals surface area (Å²) >= 11 is 6.04. The van der Waals surface area contributed by atoms with E-state index < -0.39 is 6.09 Å². The molecule has 166 valence electrons. The van der Waals surface area contributed by atoms with Crippen molar-refractivity contribution in [1.29, 1.82) is 0 Å². The lowest BCUT2D eigenvalue weighted by molar-refractivity contribution is -0.906. The molecule has 3 aromatic rings. The summed E-state index contributed by atoms with van der Waals surface area (Å²) in [5, 5.41) is 11.4. The number of carboxylic acid groups (broad SMARTS) is 1. The van der Waals surface area contributed by atoms with Gasteiger partial charge in [0, 0.05) is 43.2 Å². The lowest BCUT2D eigenvalue weighted by atomic mass is 9.96. The Morgan fingerprint density at radius 2 is 1.91 bits per heavy atom. The molecule has 3 heterocycles. The smallest absolute Gasteiger partial charge is 0.493 e. The molecule has 1 aromatic heterocycles. The number of rotatable bonds is 4. The van der Waals surface area contributed by atoms with Crippen LogP contribution in [0.1, 0.15) is 54.7 Å². The number of benzene rings is 2. The van der Waals surface area contributed by atoms with E-state index in [1.807, 2.05) is 54.7 Å². The van der Waals surface area contributed by atoms with E-state index in [9.17, 15) is 9.90 Å². The molecule has 0 spiro atoms. The SMILES string of the molecule is O=C(O)[N+]1(C2CCCOc3ccccc32)CCCC1c1nccn1Cc1ccc(Cl)cc1. The number of halogens is 1. The lowest BCUT2D eigenvalue weighted by Crippen LogP contribution is -2.54. The third-order valence-electron chi connectivity index (χ3n) is 6.94. The zero-order valence-corrected chi connectivity index (χ0v) is 18.6. The number of nitrogens with zero attached hydrogens (tertiary/aromatic N) is 3. The highest BCUT2D eigenvalue weighted by molar-refractivity contribution is 6.30. The number of amides is 1. The average Bonchev–Trinajstić information content (AvgIpc) is 3.37. The van der Waals surface area contributed by atoms with Crippen molar-refractivity contribution in [2.45, 2.75) is 44.3 Å². The Balaban J connectivity index is 1.56. The first kappa shape index (κ1) is 21.0. The van der Waals surface area contributed by atoms with E-state index >= 15 is 0 Å². The van der Waals surface area contributed by atoms with E-state index in [0.717, 1.165) is 48.4 Å². The fourth-order valence-corrected chi connectivity index (χ4v) is 5.65. The maximum absolute atomic E-state index is 13.0. The highest BCUT2D eigenvalue weighted by atomic mass is 35.5. The van der Waals surface area contributed by atoms with E-state index in [4.69, 9.17) is 21.3 Å². The summed E-state index contributed by atoms with van der Waals surface area (Å²) in [6.07, 6.45) is 6.20. The highest BCUT2D eigenvalue weighted by Gasteiger charge is 2.57. The average molecular weight is 453 g/mol. The second kappa shape index (κ2) is 8.60. The summed E-state index contributed by atoms with van der Waals surface area (Å²) < 4.78 is 8.04. The maximum atomic E-state index is 13.0. The van der Waals surface area contributed by atoms with Gasteiger partial charge in [-0.25, -0.2) is 9.47 Å². The van der Waals surface area contributed by atoms with Crippen LogP contribution in [0.15, 0.2) is 60.9 Å². The van der Waals surface area contributed by atoms with E-state index in [1.54, 1.807) is 6.20 Å². The van der Waals surface area contributed by atoms with Crippen molar-refractivity contribution in [3.8, 4) is 5.75 Å². The number of carbonyl (C=O) groups is 1. The largest absolute Gasteiger partial charge is 0.514 e. The Kier molecular flexibility index (Phi) is 5.66. The number of aromatic nitrogens is 2. The van der Waals surface area contributed by atoms with Crippen LogP contribution in [0.2, 0.25) is 5.02 Å². The summed E-state index contributed by atoms with van der Waals surface area (Å²) in [6.45, 7) is 1.84. The first-order valence-electron chi connectivity index (χ1n) is 11.2. The van der Waals surface area contributed by atoms with Crippen LogP contribution >= 0.6 is 11.6 Å². The number of likely N-dealkylation sites (tertiary alicyclic amines) is 1. The minimum atomic E-state index is -0.782. The Morgan fingerprint density at radius 3 is 2.72 bits per heavy atom. The van der Waals surface area contributed by atoms with Crippen LogP contribution in [-0.4, -0.2) is 38.4 Å². The van der Waals surface area contributed by atoms with Gasteiger partial charge in [-0.3, -0.25) is 0 Å². The van der Waals surface area contributed by atoms with Gasteiger partial charge in [-0.1, -0.05) is 35.9 Å². The Labute approximate surface area is 192 Å². The van der Waals surface area contributed by atoms with Crippen molar-refractivity contribution in [2.75, 3.05) is 13.2 Å². The van der Waals surface area contributed by atoms with Crippen molar-refractivity contribution < 1.29 is 19.1 Å². The van der Waals surface area contributed by atoms with Gasteiger partial charge in [-0.15, -0.1) is 0 Å². The topological polar surface area (TPSA) is 64.3 Å². The predicted molar refractivity (Wildman–Crippen MR) is 122 cm³/mol. The second-order valence-corrected chi connectivity index (χ2v) is 9.12. The molecule has 2 aliphatic rings. The fraction of sp³-hybridized carbons (Fsp3) is 0.360.